The van der Waals surface area contributed by atoms with Gasteiger partial charge in [0.1, 0.15) is 17.3 Å². The quantitative estimate of drug-likeness (QED) is 0.876. The zero-order valence-corrected chi connectivity index (χ0v) is 10.0. The van der Waals surface area contributed by atoms with E-state index in [0.717, 1.165) is 23.5 Å². The summed E-state index contributed by atoms with van der Waals surface area (Å²) in [5.41, 5.74) is 0.865. The Bertz CT molecular complexity index is 492. The molecule has 1 unspecified atom stereocenters. The van der Waals surface area contributed by atoms with Crippen LogP contribution in [0.3, 0.4) is 0 Å². The van der Waals surface area contributed by atoms with Crippen LogP contribution in [0.4, 0.5) is 4.39 Å². The van der Waals surface area contributed by atoms with E-state index in [1.807, 2.05) is 32.2 Å². The first-order valence-corrected chi connectivity index (χ1v) is 5.76. The van der Waals surface area contributed by atoms with Gasteiger partial charge in [0.25, 0.3) is 0 Å². The van der Waals surface area contributed by atoms with Crippen LogP contribution in [0.25, 0.3) is 0 Å². The van der Waals surface area contributed by atoms with Gasteiger partial charge in [-0.3, -0.25) is 0 Å². The summed E-state index contributed by atoms with van der Waals surface area (Å²) in [6, 6.07) is 10.3. The van der Waals surface area contributed by atoms with Crippen molar-refractivity contribution in [2.45, 2.75) is 19.4 Å². The molecule has 0 saturated heterocycles. The molecule has 1 heterocycles. The molecular weight excluding hydrogens is 217 g/mol. The predicted molar refractivity (Wildman–Crippen MR) is 65.4 cm³/mol. The minimum atomic E-state index is -0.231. The Kier molecular flexibility index (Phi) is 3.59. The minimum absolute atomic E-state index is 0.106. The van der Waals surface area contributed by atoms with Crippen molar-refractivity contribution in [2.75, 3.05) is 7.05 Å². The van der Waals surface area contributed by atoms with Crippen molar-refractivity contribution in [3.63, 3.8) is 0 Å². The Morgan fingerprint density at radius 3 is 2.71 bits per heavy atom. The minimum Gasteiger partial charge on any atom is -0.464 e. The molecule has 1 atom stereocenters. The predicted octanol–water partition coefficient (Wildman–Crippen LogP) is 3.29. The van der Waals surface area contributed by atoms with Crippen LogP contribution < -0.4 is 5.32 Å². The Morgan fingerprint density at radius 1 is 1.29 bits per heavy atom. The Balaban J connectivity index is 2.33. The standard InChI is InChI=1S/C14H16FNO/c1-3-12-7-8-13(17-12)14(16-2)10-5-4-6-11(15)9-10/h4-9,14,16H,3H2,1-2H3. The summed E-state index contributed by atoms with van der Waals surface area (Å²) >= 11 is 0. The molecule has 3 heteroatoms. The Morgan fingerprint density at radius 2 is 2.12 bits per heavy atom. The summed E-state index contributed by atoms with van der Waals surface area (Å²) < 4.78 is 18.9. The molecule has 17 heavy (non-hydrogen) atoms. The number of halogens is 1. The van der Waals surface area contributed by atoms with Crippen molar-refractivity contribution in [1.82, 2.24) is 5.32 Å². The van der Waals surface area contributed by atoms with E-state index in [9.17, 15) is 4.39 Å². The molecule has 0 saturated carbocycles. The summed E-state index contributed by atoms with van der Waals surface area (Å²) in [5, 5.41) is 3.14. The van der Waals surface area contributed by atoms with Crippen LogP contribution in [0, 0.1) is 5.82 Å². The van der Waals surface area contributed by atoms with Gasteiger partial charge in [-0.15, -0.1) is 0 Å². The molecule has 1 N–H and O–H groups in total. The first-order chi connectivity index (χ1) is 8.24. The van der Waals surface area contributed by atoms with Crippen LogP contribution in [-0.4, -0.2) is 7.05 Å². The highest BCUT2D eigenvalue weighted by Gasteiger charge is 2.16. The van der Waals surface area contributed by atoms with Crippen LogP contribution in [0.1, 0.15) is 30.0 Å². The highest BCUT2D eigenvalue weighted by atomic mass is 19.1. The summed E-state index contributed by atoms with van der Waals surface area (Å²) in [6.45, 7) is 2.04. The normalized spacial score (nSPS) is 12.6. The Labute approximate surface area is 100 Å². The lowest BCUT2D eigenvalue weighted by atomic mass is 10.0. The molecule has 0 spiro atoms. The second-order valence-electron chi connectivity index (χ2n) is 3.93. The lowest BCUT2D eigenvalue weighted by Crippen LogP contribution is -2.17. The van der Waals surface area contributed by atoms with Gasteiger partial charge >= 0.3 is 0 Å². The fraction of sp³-hybridized carbons (Fsp3) is 0.286. The molecular formula is C14H16FNO. The number of nitrogens with one attached hydrogen (secondary N) is 1. The van der Waals surface area contributed by atoms with Crippen molar-refractivity contribution in [3.05, 3.63) is 59.3 Å². The van der Waals surface area contributed by atoms with Crippen LogP contribution in [0.15, 0.2) is 40.8 Å². The van der Waals surface area contributed by atoms with Gasteiger partial charge < -0.3 is 9.73 Å². The van der Waals surface area contributed by atoms with E-state index in [2.05, 4.69) is 5.32 Å². The van der Waals surface area contributed by atoms with E-state index in [-0.39, 0.29) is 11.9 Å². The second kappa shape index (κ2) is 5.15. The number of aryl methyl sites for hydroxylation is 1. The van der Waals surface area contributed by atoms with E-state index < -0.39 is 0 Å². The first kappa shape index (κ1) is 11.9. The van der Waals surface area contributed by atoms with Crippen LogP contribution >= 0.6 is 0 Å². The monoisotopic (exact) mass is 233 g/mol. The summed E-state index contributed by atoms with van der Waals surface area (Å²) in [7, 11) is 1.84. The molecule has 0 bridgehead atoms. The number of hydrogen-bond acceptors (Lipinski definition) is 2. The molecule has 0 aliphatic rings. The highest BCUT2D eigenvalue weighted by molar-refractivity contribution is 5.27. The molecule has 2 rings (SSSR count). The average Bonchev–Trinajstić information content (AvgIpc) is 2.79. The highest BCUT2D eigenvalue weighted by Crippen LogP contribution is 2.24. The molecule has 2 aromatic rings. The molecule has 0 radical (unpaired) electrons. The van der Waals surface area contributed by atoms with Gasteiger partial charge in [-0.2, -0.15) is 0 Å². The molecule has 0 fully saturated rings. The van der Waals surface area contributed by atoms with Gasteiger partial charge in [-0.1, -0.05) is 19.1 Å². The van der Waals surface area contributed by atoms with Gasteiger partial charge in [0.15, 0.2) is 0 Å². The third-order valence-corrected chi connectivity index (χ3v) is 2.79. The molecule has 2 nitrogen and oxygen atoms in total. The number of rotatable bonds is 4. The molecule has 1 aromatic carbocycles. The van der Waals surface area contributed by atoms with E-state index in [4.69, 9.17) is 4.42 Å². The van der Waals surface area contributed by atoms with Crippen LogP contribution in [-0.2, 0) is 6.42 Å². The molecule has 1 aromatic heterocycles. The van der Waals surface area contributed by atoms with Crippen molar-refractivity contribution >= 4 is 0 Å². The molecule has 0 amide bonds. The van der Waals surface area contributed by atoms with Crippen LogP contribution in [0.2, 0.25) is 0 Å². The van der Waals surface area contributed by atoms with Gasteiger partial charge in [0, 0.05) is 6.42 Å². The van der Waals surface area contributed by atoms with E-state index in [1.54, 1.807) is 6.07 Å². The lowest BCUT2D eigenvalue weighted by Gasteiger charge is -2.14. The third-order valence-electron chi connectivity index (χ3n) is 2.79. The van der Waals surface area contributed by atoms with Crippen molar-refractivity contribution < 1.29 is 8.81 Å². The van der Waals surface area contributed by atoms with E-state index in [0.29, 0.717) is 0 Å². The maximum absolute atomic E-state index is 13.2. The summed E-state index contributed by atoms with van der Waals surface area (Å²) in [5.74, 6) is 1.52. The van der Waals surface area contributed by atoms with E-state index in [1.165, 1.54) is 12.1 Å². The molecule has 0 aliphatic heterocycles. The van der Waals surface area contributed by atoms with Crippen molar-refractivity contribution in [1.29, 1.82) is 0 Å². The summed E-state index contributed by atoms with van der Waals surface area (Å²) in [6.07, 6.45) is 0.861. The zero-order chi connectivity index (χ0) is 12.3. The van der Waals surface area contributed by atoms with Gasteiger partial charge in [-0.05, 0) is 36.9 Å². The van der Waals surface area contributed by atoms with Crippen molar-refractivity contribution in [3.8, 4) is 0 Å². The molecule has 0 aliphatic carbocycles. The molecule has 90 valence electrons. The van der Waals surface area contributed by atoms with Gasteiger partial charge in [0.2, 0.25) is 0 Å². The lowest BCUT2D eigenvalue weighted by molar-refractivity contribution is 0.433. The number of hydrogen-bond donors (Lipinski definition) is 1. The second-order valence-corrected chi connectivity index (χ2v) is 3.93. The Hall–Kier alpha value is -1.61. The van der Waals surface area contributed by atoms with Crippen LogP contribution in [0.5, 0.6) is 0 Å². The van der Waals surface area contributed by atoms with E-state index >= 15 is 0 Å². The fourth-order valence-corrected chi connectivity index (χ4v) is 1.90. The van der Waals surface area contributed by atoms with Gasteiger partial charge in [-0.25, -0.2) is 4.39 Å². The first-order valence-electron chi connectivity index (χ1n) is 5.76. The maximum Gasteiger partial charge on any atom is 0.125 e. The number of benzene rings is 1. The SMILES string of the molecule is CCc1ccc(C(NC)c2cccc(F)c2)o1. The third kappa shape index (κ3) is 2.56. The average molecular weight is 233 g/mol. The maximum atomic E-state index is 13.2. The fourth-order valence-electron chi connectivity index (χ4n) is 1.90. The van der Waals surface area contributed by atoms with Gasteiger partial charge in [0.05, 0.1) is 6.04 Å². The number of furan rings is 1. The summed E-state index contributed by atoms with van der Waals surface area (Å²) in [4.78, 5) is 0. The smallest absolute Gasteiger partial charge is 0.125 e. The topological polar surface area (TPSA) is 25.2 Å². The van der Waals surface area contributed by atoms with Crippen molar-refractivity contribution in [2.24, 2.45) is 0 Å². The zero-order valence-electron chi connectivity index (χ0n) is 10.0. The largest absolute Gasteiger partial charge is 0.464 e.